The number of hydrogen-bond acceptors (Lipinski definition) is 7. The van der Waals surface area contributed by atoms with Crippen molar-refractivity contribution in [3.8, 4) is 17.0 Å². The fourth-order valence-electron chi connectivity index (χ4n) is 2.70. The first-order valence-electron chi connectivity index (χ1n) is 7.66. The van der Waals surface area contributed by atoms with Gasteiger partial charge in [-0.2, -0.15) is 0 Å². The molecule has 2 atom stereocenters. The Hall–Kier alpha value is -1.83. The van der Waals surface area contributed by atoms with E-state index in [1.807, 2.05) is 23.6 Å². The van der Waals surface area contributed by atoms with Gasteiger partial charge in [0.15, 0.2) is 5.13 Å². The molecule has 0 radical (unpaired) electrons. The molecule has 2 heterocycles. The molecule has 2 unspecified atom stereocenters. The molecule has 1 aromatic carbocycles. The maximum atomic E-state index is 9.82. The first-order valence-corrected chi connectivity index (χ1v) is 8.54. The molecule has 0 aliphatic carbocycles. The molecule has 2 aromatic rings. The van der Waals surface area contributed by atoms with Gasteiger partial charge >= 0.3 is 0 Å². The van der Waals surface area contributed by atoms with E-state index >= 15 is 0 Å². The molecule has 6 nitrogen and oxygen atoms in total. The van der Waals surface area contributed by atoms with Gasteiger partial charge in [0.25, 0.3) is 0 Å². The molecule has 0 saturated heterocycles. The second-order valence-electron chi connectivity index (χ2n) is 5.64. The number of hydrogen-bond donors (Lipinski definition) is 3. The Morgan fingerprint density at radius 1 is 1.52 bits per heavy atom. The van der Waals surface area contributed by atoms with Gasteiger partial charge in [-0.05, 0) is 24.6 Å². The number of ether oxygens (including phenoxy) is 1. The number of aliphatic hydroxyl groups is 2. The molecular weight excluding hydrogens is 314 g/mol. The molecule has 3 rings (SSSR count). The normalized spacial score (nSPS) is 18.4. The SMILES string of the molecule is CCC1CN(CC(O)CO)c2cc(-c3csc(N)n3)ccc2O1. The highest BCUT2D eigenvalue weighted by molar-refractivity contribution is 7.13. The highest BCUT2D eigenvalue weighted by Crippen LogP contribution is 2.38. The summed E-state index contributed by atoms with van der Waals surface area (Å²) in [6.07, 6.45) is 0.182. The van der Waals surface area contributed by atoms with Gasteiger partial charge in [-0.25, -0.2) is 4.98 Å². The molecule has 0 saturated carbocycles. The predicted molar refractivity (Wildman–Crippen MR) is 92.0 cm³/mol. The summed E-state index contributed by atoms with van der Waals surface area (Å²) in [5.41, 5.74) is 8.41. The highest BCUT2D eigenvalue weighted by atomic mass is 32.1. The molecular formula is C16H21N3O3S. The van der Waals surface area contributed by atoms with Crippen LogP contribution in [0.3, 0.4) is 0 Å². The van der Waals surface area contributed by atoms with Crippen molar-refractivity contribution in [1.82, 2.24) is 4.98 Å². The van der Waals surface area contributed by atoms with Crippen LogP contribution in [-0.4, -0.2) is 47.1 Å². The fourth-order valence-corrected chi connectivity index (χ4v) is 3.27. The summed E-state index contributed by atoms with van der Waals surface area (Å²) >= 11 is 1.40. The predicted octanol–water partition coefficient (Wildman–Crippen LogP) is 1.72. The molecule has 1 aromatic heterocycles. The lowest BCUT2D eigenvalue weighted by Crippen LogP contribution is -2.44. The summed E-state index contributed by atoms with van der Waals surface area (Å²) in [7, 11) is 0. The Balaban J connectivity index is 1.95. The number of β-amino-alcohol motifs (C(OH)–C–C–N with tert-alkyl or cyclic N) is 1. The van der Waals surface area contributed by atoms with E-state index in [4.69, 9.17) is 15.6 Å². The van der Waals surface area contributed by atoms with Crippen LogP contribution < -0.4 is 15.4 Å². The van der Waals surface area contributed by atoms with E-state index < -0.39 is 6.10 Å². The zero-order chi connectivity index (χ0) is 16.4. The third-order valence-corrected chi connectivity index (χ3v) is 4.61. The lowest BCUT2D eigenvalue weighted by Gasteiger charge is -2.37. The third kappa shape index (κ3) is 3.41. The van der Waals surface area contributed by atoms with Gasteiger partial charge in [0, 0.05) is 17.5 Å². The molecule has 23 heavy (non-hydrogen) atoms. The number of thiazole rings is 1. The van der Waals surface area contributed by atoms with Crippen molar-refractivity contribution in [1.29, 1.82) is 0 Å². The number of rotatable bonds is 5. The monoisotopic (exact) mass is 335 g/mol. The van der Waals surface area contributed by atoms with Gasteiger partial charge in [-0.15, -0.1) is 11.3 Å². The average molecular weight is 335 g/mol. The highest BCUT2D eigenvalue weighted by Gasteiger charge is 2.26. The van der Waals surface area contributed by atoms with Gasteiger partial charge in [0.05, 0.1) is 30.6 Å². The minimum Gasteiger partial charge on any atom is -0.486 e. The molecule has 7 heteroatoms. The minimum absolute atomic E-state index is 0.0779. The number of benzene rings is 1. The van der Waals surface area contributed by atoms with Gasteiger partial charge < -0.3 is 25.6 Å². The van der Waals surface area contributed by atoms with Crippen molar-refractivity contribution in [3.05, 3.63) is 23.6 Å². The molecule has 1 aliphatic heterocycles. The first-order chi connectivity index (χ1) is 11.1. The minimum atomic E-state index is -0.781. The van der Waals surface area contributed by atoms with E-state index in [1.165, 1.54) is 11.3 Å². The third-order valence-electron chi connectivity index (χ3n) is 3.93. The molecule has 0 amide bonds. The van der Waals surface area contributed by atoms with Gasteiger partial charge in [0.1, 0.15) is 11.9 Å². The van der Waals surface area contributed by atoms with Crippen molar-refractivity contribution in [2.24, 2.45) is 0 Å². The van der Waals surface area contributed by atoms with Gasteiger partial charge in [-0.3, -0.25) is 0 Å². The summed E-state index contributed by atoms with van der Waals surface area (Å²) in [5, 5.41) is 21.4. The summed E-state index contributed by atoms with van der Waals surface area (Å²) in [5.74, 6) is 0.792. The average Bonchev–Trinajstić information content (AvgIpc) is 3.00. The van der Waals surface area contributed by atoms with E-state index in [0.29, 0.717) is 18.2 Å². The quantitative estimate of drug-likeness (QED) is 0.771. The summed E-state index contributed by atoms with van der Waals surface area (Å²) in [4.78, 5) is 6.37. The number of aromatic nitrogens is 1. The zero-order valence-corrected chi connectivity index (χ0v) is 13.8. The number of anilines is 2. The van der Waals surface area contributed by atoms with E-state index in [-0.39, 0.29) is 12.7 Å². The molecule has 1 aliphatic rings. The van der Waals surface area contributed by atoms with Gasteiger partial charge in [0.2, 0.25) is 0 Å². The second kappa shape index (κ2) is 6.74. The van der Waals surface area contributed by atoms with Crippen LogP contribution in [0, 0.1) is 0 Å². The fraction of sp³-hybridized carbons (Fsp3) is 0.438. The van der Waals surface area contributed by atoms with Crippen LogP contribution in [0.15, 0.2) is 23.6 Å². The van der Waals surface area contributed by atoms with Crippen molar-refractivity contribution >= 4 is 22.2 Å². The van der Waals surface area contributed by atoms with Crippen LogP contribution in [0.2, 0.25) is 0 Å². The molecule has 4 N–H and O–H groups in total. The van der Waals surface area contributed by atoms with E-state index in [0.717, 1.165) is 29.1 Å². The zero-order valence-electron chi connectivity index (χ0n) is 13.0. The van der Waals surface area contributed by atoms with Crippen molar-refractivity contribution in [2.75, 3.05) is 30.3 Å². The molecule has 124 valence electrons. The lowest BCUT2D eigenvalue weighted by atomic mass is 10.1. The Morgan fingerprint density at radius 2 is 2.35 bits per heavy atom. The van der Waals surface area contributed by atoms with Crippen LogP contribution in [0.25, 0.3) is 11.3 Å². The number of fused-ring (bicyclic) bond motifs is 1. The first kappa shape index (κ1) is 16.0. The Kier molecular flexibility index (Phi) is 4.70. The van der Waals surface area contributed by atoms with E-state index in [2.05, 4.69) is 16.8 Å². The Bertz CT molecular complexity index is 676. The molecule has 0 bridgehead atoms. The maximum Gasteiger partial charge on any atom is 0.180 e. The summed E-state index contributed by atoms with van der Waals surface area (Å²) < 4.78 is 5.99. The van der Waals surface area contributed by atoms with Gasteiger partial charge in [-0.1, -0.05) is 6.92 Å². The molecule has 0 fully saturated rings. The Labute approximate surface area is 139 Å². The largest absolute Gasteiger partial charge is 0.486 e. The van der Waals surface area contributed by atoms with Crippen molar-refractivity contribution in [2.45, 2.75) is 25.6 Å². The maximum absolute atomic E-state index is 9.82. The van der Waals surface area contributed by atoms with Crippen molar-refractivity contribution < 1.29 is 14.9 Å². The van der Waals surface area contributed by atoms with Crippen LogP contribution in [0.4, 0.5) is 10.8 Å². The number of nitrogen functional groups attached to an aromatic ring is 1. The Morgan fingerprint density at radius 3 is 3.00 bits per heavy atom. The molecule has 0 spiro atoms. The summed E-state index contributed by atoms with van der Waals surface area (Å²) in [6.45, 7) is 2.86. The van der Waals surface area contributed by atoms with Crippen LogP contribution >= 0.6 is 11.3 Å². The smallest absolute Gasteiger partial charge is 0.180 e. The summed E-state index contributed by atoms with van der Waals surface area (Å²) in [6, 6.07) is 5.90. The van der Waals surface area contributed by atoms with Crippen LogP contribution in [0.1, 0.15) is 13.3 Å². The van der Waals surface area contributed by atoms with Crippen molar-refractivity contribution in [3.63, 3.8) is 0 Å². The second-order valence-corrected chi connectivity index (χ2v) is 6.53. The van der Waals surface area contributed by atoms with Crippen LogP contribution in [0.5, 0.6) is 5.75 Å². The standard InChI is InChI=1S/C16H21N3O3S/c1-2-12-7-19(6-11(21)8-20)14-5-10(3-4-15(14)22-12)13-9-23-16(17)18-13/h3-5,9,11-12,20-21H,2,6-8H2,1H3,(H2,17,18). The van der Waals surface area contributed by atoms with E-state index in [9.17, 15) is 5.11 Å². The van der Waals surface area contributed by atoms with E-state index in [1.54, 1.807) is 0 Å². The number of aliphatic hydroxyl groups excluding tert-OH is 2. The topological polar surface area (TPSA) is 91.8 Å². The van der Waals surface area contributed by atoms with Crippen LogP contribution in [-0.2, 0) is 0 Å². The lowest BCUT2D eigenvalue weighted by molar-refractivity contribution is 0.0951. The number of nitrogens with two attached hydrogens (primary N) is 1. The number of nitrogens with zero attached hydrogens (tertiary/aromatic N) is 2.